The normalized spacial score (nSPS) is 18.9. The molecule has 0 saturated carbocycles. The fraction of sp³-hybridized carbons (Fsp3) is 0.409. The van der Waals surface area contributed by atoms with Gasteiger partial charge in [0.05, 0.1) is 19.8 Å². The summed E-state index contributed by atoms with van der Waals surface area (Å²) in [6.45, 7) is 3.46. The summed E-state index contributed by atoms with van der Waals surface area (Å²) in [6.07, 6.45) is 2.77. The van der Waals surface area contributed by atoms with Crippen molar-refractivity contribution in [3.63, 3.8) is 0 Å². The Balaban J connectivity index is 1.48. The maximum Gasteiger partial charge on any atom is 0.193 e. The van der Waals surface area contributed by atoms with E-state index < -0.39 is 0 Å². The van der Waals surface area contributed by atoms with E-state index >= 15 is 0 Å². The van der Waals surface area contributed by atoms with E-state index in [0.717, 1.165) is 49.7 Å². The Labute approximate surface area is 165 Å². The number of rotatable bonds is 4. The zero-order chi connectivity index (χ0) is 19.2. The number of guanidine groups is 1. The van der Waals surface area contributed by atoms with E-state index in [1.165, 1.54) is 5.56 Å². The number of nitrogens with two attached hydrogens (primary N) is 1. The highest BCUT2D eigenvalue weighted by molar-refractivity contribution is 5.92. The number of nitrogens with one attached hydrogen (secondary N) is 1. The minimum atomic E-state index is -0.0312. The largest absolute Gasteiger partial charge is 0.490 e. The van der Waals surface area contributed by atoms with E-state index in [9.17, 15) is 0 Å². The number of fused-ring (bicyclic) bond motifs is 1. The van der Waals surface area contributed by atoms with Gasteiger partial charge >= 0.3 is 0 Å². The molecule has 2 aliphatic heterocycles. The maximum atomic E-state index is 6.20. The Morgan fingerprint density at radius 2 is 1.71 bits per heavy atom. The standard InChI is InChI=1S/C22H27N3O3/c23-21(25-18-7-8-19-20(15-18)28-12-4-11-27-19)24-16-22(9-13-26-14-10-22)17-5-2-1-3-6-17/h1-3,5-8,15H,4,9-14,16H2,(H3,23,24,25). The number of anilines is 1. The van der Waals surface area contributed by atoms with Crippen LogP contribution in [0.4, 0.5) is 5.69 Å². The van der Waals surface area contributed by atoms with Gasteiger partial charge in [0.1, 0.15) is 0 Å². The summed E-state index contributed by atoms with van der Waals surface area (Å²) >= 11 is 0. The molecule has 28 heavy (non-hydrogen) atoms. The summed E-state index contributed by atoms with van der Waals surface area (Å²) in [5.74, 6) is 1.90. The summed E-state index contributed by atoms with van der Waals surface area (Å²) in [5, 5.41) is 3.18. The lowest BCUT2D eigenvalue weighted by molar-refractivity contribution is 0.0531. The number of aliphatic imine (C=N–C) groups is 1. The van der Waals surface area contributed by atoms with Crippen molar-refractivity contribution in [2.24, 2.45) is 10.7 Å². The summed E-state index contributed by atoms with van der Waals surface area (Å²) in [4.78, 5) is 4.68. The van der Waals surface area contributed by atoms with Gasteiger partial charge in [-0.25, -0.2) is 0 Å². The Morgan fingerprint density at radius 1 is 0.964 bits per heavy atom. The van der Waals surface area contributed by atoms with Crippen LogP contribution in [0.1, 0.15) is 24.8 Å². The zero-order valence-corrected chi connectivity index (χ0v) is 16.0. The Bertz CT molecular complexity index is 817. The minimum Gasteiger partial charge on any atom is -0.490 e. The summed E-state index contributed by atoms with van der Waals surface area (Å²) < 4.78 is 17.0. The van der Waals surface area contributed by atoms with Gasteiger partial charge in [0.2, 0.25) is 0 Å². The summed E-state index contributed by atoms with van der Waals surface area (Å²) in [5.41, 5.74) is 8.31. The van der Waals surface area contributed by atoms with Crippen LogP contribution in [0.25, 0.3) is 0 Å². The molecule has 4 rings (SSSR count). The molecule has 0 radical (unpaired) electrons. The van der Waals surface area contributed by atoms with Crippen molar-refractivity contribution in [2.45, 2.75) is 24.7 Å². The van der Waals surface area contributed by atoms with Crippen LogP contribution in [0.3, 0.4) is 0 Å². The lowest BCUT2D eigenvalue weighted by atomic mass is 9.74. The third-order valence-electron chi connectivity index (χ3n) is 5.41. The van der Waals surface area contributed by atoms with Crippen molar-refractivity contribution < 1.29 is 14.2 Å². The lowest BCUT2D eigenvalue weighted by Crippen LogP contribution is -2.38. The number of nitrogens with zero attached hydrogens (tertiary/aromatic N) is 1. The van der Waals surface area contributed by atoms with Gasteiger partial charge in [-0.05, 0) is 30.5 Å². The quantitative estimate of drug-likeness (QED) is 0.627. The molecular formula is C22H27N3O3. The van der Waals surface area contributed by atoms with Crippen molar-refractivity contribution in [1.82, 2.24) is 0 Å². The van der Waals surface area contributed by atoms with Crippen molar-refractivity contribution in [1.29, 1.82) is 0 Å². The second-order valence-electron chi connectivity index (χ2n) is 7.30. The highest BCUT2D eigenvalue weighted by Crippen LogP contribution is 2.35. The summed E-state index contributed by atoms with van der Waals surface area (Å²) in [7, 11) is 0. The second-order valence-corrected chi connectivity index (χ2v) is 7.30. The van der Waals surface area contributed by atoms with Crippen molar-refractivity contribution in [2.75, 3.05) is 38.3 Å². The molecule has 6 heteroatoms. The first-order valence-corrected chi connectivity index (χ1v) is 9.85. The molecule has 0 aromatic heterocycles. The molecule has 2 aliphatic rings. The zero-order valence-electron chi connectivity index (χ0n) is 16.0. The molecule has 0 spiro atoms. The van der Waals surface area contributed by atoms with Gasteiger partial charge in [0, 0.05) is 36.8 Å². The second kappa shape index (κ2) is 8.52. The van der Waals surface area contributed by atoms with Crippen LogP contribution < -0.4 is 20.5 Å². The van der Waals surface area contributed by atoms with Gasteiger partial charge in [-0.1, -0.05) is 30.3 Å². The molecule has 2 heterocycles. The SMILES string of the molecule is NC(=NCC1(c2ccccc2)CCOCC1)Nc1ccc2c(c1)OCCCO2. The molecule has 1 fully saturated rings. The first-order chi connectivity index (χ1) is 13.8. The Hall–Kier alpha value is -2.73. The Kier molecular flexibility index (Phi) is 5.67. The van der Waals surface area contributed by atoms with Crippen LogP contribution in [0, 0.1) is 0 Å². The predicted octanol–water partition coefficient (Wildman–Crippen LogP) is 3.32. The van der Waals surface area contributed by atoms with E-state index in [2.05, 4.69) is 34.6 Å². The van der Waals surface area contributed by atoms with Gasteiger partial charge in [-0.2, -0.15) is 0 Å². The van der Waals surface area contributed by atoms with E-state index in [4.69, 9.17) is 19.9 Å². The fourth-order valence-corrected chi connectivity index (χ4v) is 3.76. The molecule has 3 N–H and O–H groups in total. The third-order valence-corrected chi connectivity index (χ3v) is 5.41. The fourth-order valence-electron chi connectivity index (χ4n) is 3.76. The third kappa shape index (κ3) is 4.22. The van der Waals surface area contributed by atoms with Crippen molar-refractivity contribution in [3.05, 3.63) is 54.1 Å². The van der Waals surface area contributed by atoms with Gasteiger partial charge in [0.15, 0.2) is 17.5 Å². The monoisotopic (exact) mass is 381 g/mol. The average molecular weight is 381 g/mol. The van der Waals surface area contributed by atoms with Crippen molar-refractivity contribution >= 4 is 11.6 Å². The average Bonchev–Trinajstić information content (AvgIpc) is 2.99. The highest BCUT2D eigenvalue weighted by Gasteiger charge is 2.34. The number of benzene rings is 2. The molecule has 0 unspecified atom stereocenters. The molecule has 0 amide bonds. The predicted molar refractivity (Wildman–Crippen MR) is 110 cm³/mol. The first-order valence-electron chi connectivity index (χ1n) is 9.85. The molecule has 2 aromatic carbocycles. The van der Waals surface area contributed by atoms with E-state index in [-0.39, 0.29) is 5.41 Å². The van der Waals surface area contributed by atoms with Crippen LogP contribution in [0.2, 0.25) is 0 Å². The topological polar surface area (TPSA) is 78.1 Å². The highest BCUT2D eigenvalue weighted by atomic mass is 16.5. The lowest BCUT2D eigenvalue weighted by Gasteiger charge is -2.36. The Morgan fingerprint density at radius 3 is 2.50 bits per heavy atom. The van der Waals surface area contributed by atoms with Crippen LogP contribution >= 0.6 is 0 Å². The van der Waals surface area contributed by atoms with E-state index in [0.29, 0.717) is 25.7 Å². The summed E-state index contributed by atoms with van der Waals surface area (Å²) in [6, 6.07) is 16.3. The first kappa shape index (κ1) is 18.6. The maximum absolute atomic E-state index is 6.20. The molecule has 2 aromatic rings. The van der Waals surface area contributed by atoms with E-state index in [1.54, 1.807) is 0 Å². The minimum absolute atomic E-state index is 0.0312. The molecule has 0 aliphatic carbocycles. The van der Waals surface area contributed by atoms with Crippen LogP contribution in [-0.2, 0) is 10.2 Å². The van der Waals surface area contributed by atoms with Gasteiger partial charge in [0.25, 0.3) is 0 Å². The molecule has 148 valence electrons. The van der Waals surface area contributed by atoms with Gasteiger partial charge < -0.3 is 25.3 Å². The van der Waals surface area contributed by atoms with Gasteiger partial charge in [-0.3, -0.25) is 4.99 Å². The molecule has 0 bridgehead atoms. The van der Waals surface area contributed by atoms with Crippen LogP contribution in [0.5, 0.6) is 11.5 Å². The number of hydrogen-bond donors (Lipinski definition) is 2. The van der Waals surface area contributed by atoms with Crippen LogP contribution in [0.15, 0.2) is 53.5 Å². The molecule has 6 nitrogen and oxygen atoms in total. The van der Waals surface area contributed by atoms with Gasteiger partial charge in [-0.15, -0.1) is 0 Å². The van der Waals surface area contributed by atoms with Crippen molar-refractivity contribution in [3.8, 4) is 11.5 Å². The molecule has 0 atom stereocenters. The smallest absolute Gasteiger partial charge is 0.193 e. The molecule has 1 saturated heterocycles. The van der Waals surface area contributed by atoms with Crippen LogP contribution in [-0.4, -0.2) is 38.9 Å². The number of ether oxygens (including phenoxy) is 3. The number of hydrogen-bond acceptors (Lipinski definition) is 4. The molecular weight excluding hydrogens is 354 g/mol. The van der Waals surface area contributed by atoms with E-state index in [1.807, 2.05) is 24.3 Å².